The van der Waals surface area contributed by atoms with Gasteiger partial charge >= 0.3 is 0 Å². The van der Waals surface area contributed by atoms with E-state index in [4.69, 9.17) is 4.74 Å². The van der Waals surface area contributed by atoms with Crippen LogP contribution >= 0.6 is 0 Å². The van der Waals surface area contributed by atoms with Crippen LogP contribution in [0.5, 0.6) is 5.75 Å². The van der Waals surface area contributed by atoms with Gasteiger partial charge in [-0.2, -0.15) is 0 Å². The highest BCUT2D eigenvalue weighted by Crippen LogP contribution is 2.21. The molecule has 5 nitrogen and oxygen atoms in total. The van der Waals surface area contributed by atoms with Gasteiger partial charge in [-0.05, 0) is 57.0 Å². The first-order valence-corrected chi connectivity index (χ1v) is 8.37. The molecule has 20 heavy (non-hydrogen) atoms. The number of methoxy groups -OCH3 is 1. The third-order valence-corrected chi connectivity index (χ3v) is 5.36. The molecule has 1 fully saturated rings. The first-order chi connectivity index (χ1) is 9.55. The fraction of sp³-hybridized carbons (Fsp3) is 0.571. The molecule has 1 saturated carbocycles. The van der Waals surface area contributed by atoms with Crippen molar-refractivity contribution < 1.29 is 13.2 Å². The second-order valence-electron chi connectivity index (χ2n) is 5.13. The zero-order valence-electron chi connectivity index (χ0n) is 11.9. The van der Waals surface area contributed by atoms with Crippen LogP contribution < -0.4 is 14.8 Å². The van der Waals surface area contributed by atoms with Crippen molar-refractivity contribution in [3.8, 4) is 5.75 Å². The number of hydrogen-bond donors (Lipinski definition) is 2. The third-order valence-electron chi connectivity index (χ3n) is 3.83. The molecule has 2 rings (SSSR count). The molecule has 0 heterocycles. The van der Waals surface area contributed by atoms with E-state index in [2.05, 4.69) is 10.0 Å². The molecule has 1 aromatic rings. The molecule has 2 N–H and O–H groups in total. The van der Waals surface area contributed by atoms with Crippen molar-refractivity contribution >= 4 is 10.0 Å². The lowest BCUT2D eigenvalue weighted by Gasteiger charge is -2.28. The minimum absolute atomic E-state index is 0.0340. The molecule has 0 amide bonds. The van der Waals surface area contributed by atoms with E-state index in [1.54, 1.807) is 31.4 Å². The van der Waals surface area contributed by atoms with E-state index in [1.165, 1.54) is 0 Å². The average molecular weight is 298 g/mol. The van der Waals surface area contributed by atoms with Crippen LogP contribution in [0.1, 0.15) is 25.7 Å². The number of sulfonamides is 1. The van der Waals surface area contributed by atoms with Crippen LogP contribution in [0.4, 0.5) is 0 Å². The van der Waals surface area contributed by atoms with Gasteiger partial charge in [0.05, 0.1) is 12.0 Å². The quantitative estimate of drug-likeness (QED) is 0.864. The van der Waals surface area contributed by atoms with E-state index in [-0.39, 0.29) is 10.9 Å². The monoisotopic (exact) mass is 298 g/mol. The normalized spacial score (nSPS) is 23.5. The van der Waals surface area contributed by atoms with E-state index in [0.29, 0.717) is 11.8 Å². The Morgan fingerprint density at radius 1 is 1.05 bits per heavy atom. The molecule has 0 saturated heterocycles. The summed E-state index contributed by atoms with van der Waals surface area (Å²) in [6.45, 7) is 0. The Bertz CT molecular complexity index is 520. The average Bonchev–Trinajstić information content (AvgIpc) is 2.48. The van der Waals surface area contributed by atoms with Crippen LogP contribution in [-0.4, -0.2) is 34.7 Å². The predicted molar refractivity (Wildman–Crippen MR) is 78.4 cm³/mol. The second kappa shape index (κ2) is 6.56. The van der Waals surface area contributed by atoms with Crippen LogP contribution in [0.15, 0.2) is 29.2 Å². The Labute approximate surface area is 120 Å². The number of hydrogen-bond acceptors (Lipinski definition) is 4. The van der Waals surface area contributed by atoms with Gasteiger partial charge in [-0.25, -0.2) is 13.1 Å². The maximum absolute atomic E-state index is 12.3. The van der Waals surface area contributed by atoms with Gasteiger partial charge in [0.15, 0.2) is 0 Å². The summed E-state index contributed by atoms with van der Waals surface area (Å²) in [5.41, 5.74) is 0. The van der Waals surface area contributed by atoms with Gasteiger partial charge < -0.3 is 10.1 Å². The van der Waals surface area contributed by atoms with Crippen molar-refractivity contribution in [2.24, 2.45) is 0 Å². The van der Waals surface area contributed by atoms with Crippen LogP contribution in [0.2, 0.25) is 0 Å². The van der Waals surface area contributed by atoms with Crippen molar-refractivity contribution in [2.45, 2.75) is 42.7 Å². The summed E-state index contributed by atoms with van der Waals surface area (Å²) in [6.07, 6.45) is 3.76. The van der Waals surface area contributed by atoms with E-state index >= 15 is 0 Å². The minimum atomic E-state index is -3.44. The van der Waals surface area contributed by atoms with Crippen LogP contribution in [0, 0.1) is 0 Å². The van der Waals surface area contributed by atoms with Crippen molar-refractivity contribution in [3.05, 3.63) is 24.3 Å². The van der Waals surface area contributed by atoms with E-state index in [9.17, 15) is 8.42 Å². The number of benzene rings is 1. The molecule has 112 valence electrons. The van der Waals surface area contributed by atoms with Crippen molar-refractivity contribution in [1.29, 1.82) is 0 Å². The number of ether oxygens (including phenoxy) is 1. The largest absolute Gasteiger partial charge is 0.497 e. The minimum Gasteiger partial charge on any atom is -0.497 e. The molecule has 0 aromatic heterocycles. The van der Waals surface area contributed by atoms with Gasteiger partial charge in [0.25, 0.3) is 0 Å². The van der Waals surface area contributed by atoms with Gasteiger partial charge in [-0.15, -0.1) is 0 Å². The van der Waals surface area contributed by atoms with E-state index < -0.39 is 10.0 Å². The van der Waals surface area contributed by atoms with Crippen molar-refractivity contribution in [2.75, 3.05) is 14.2 Å². The summed E-state index contributed by atoms with van der Waals surface area (Å²) in [7, 11) is 0.0734. The first kappa shape index (κ1) is 15.3. The van der Waals surface area contributed by atoms with Gasteiger partial charge in [0.1, 0.15) is 5.75 Å². The topological polar surface area (TPSA) is 67.4 Å². The Morgan fingerprint density at radius 3 is 2.10 bits per heavy atom. The van der Waals surface area contributed by atoms with Gasteiger partial charge in [0.2, 0.25) is 10.0 Å². The predicted octanol–water partition coefficient (Wildman–Crippen LogP) is 1.50. The van der Waals surface area contributed by atoms with Crippen molar-refractivity contribution in [3.63, 3.8) is 0 Å². The Balaban J connectivity index is 2.00. The molecule has 1 aliphatic rings. The zero-order valence-corrected chi connectivity index (χ0v) is 12.7. The standard InChI is InChI=1S/C14H22N2O3S/c1-15-11-3-5-12(6-4-11)16-20(17,18)14-9-7-13(19-2)8-10-14/h7-12,15-16H,3-6H2,1-2H3. The van der Waals surface area contributed by atoms with Gasteiger partial charge in [0, 0.05) is 12.1 Å². The lowest BCUT2D eigenvalue weighted by Crippen LogP contribution is -2.41. The Kier molecular flexibility index (Phi) is 5.01. The van der Waals surface area contributed by atoms with E-state index in [0.717, 1.165) is 25.7 Å². The SMILES string of the molecule is CNC1CCC(NS(=O)(=O)c2ccc(OC)cc2)CC1. The van der Waals surface area contributed by atoms with Gasteiger partial charge in [-0.3, -0.25) is 0 Å². The Morgan fingerprint density at radius 2 is 1.60 bits per heavy atom. The molecule has 0 unspecified atom stereocenters. The highest BCUT2D eigenvalue weighted by atomic mass is 32.2. The summed E-state index contributed by atoms with van der Waals surface area (Å²) in [4.78, 5) is 0.286. The molecular weight excluding hydrogens is 276 g/mol. The molecule has 0 radical (unpaired) electrons. The molecule has 0 atom stereocenters. The van der Waals surface area contributed by atoms with Crippen LogP contribution in [0.25, 0.3) is 0 Å². The fourth-order valence-electron chi connectivity index (χ4n) is 2.54. The summed E-state index contributed by atoms with van der Waals surface area (Å²) >= 11 is 0. The summed E-state index contributed by atoms with van der Waals surface area (Å²) in [6, 6.07) is 7.00. The highest BCUT2D eigenvalue weighted by Gasteiger charge is 2.24. The number of nitrogens with one attached hydrogen (secondary N) is 2. The summed E-state index contributed by atoms with van der Waals surface area (Å²) in [5.74, 6) is 0.651. The smallest absolute Gasteiger partial charge is 0.240 e. The summed E-state index contributed by atoms with van der Waals surface area (Å²) < 4.78 is 32.4. The molecule has 0 bridgehead atoms. The molecule has 0 spiro atoms. The molecule has 1 aromatic carbocycles. The molecular formula is C14H22N2O3S. The molecule has 0 aliphatic heterocycles. The number of rotatable bonds is 5. The lowest BCUT2D eigenvalue weighted by atomic mass is 9.92. The Hall–Kier alpha value is -1.11. The second-order valence-corrected chi connectivity index (χ2v) is 6.85. The first-order valence-electron chi connectivity index (χ1n) is 6.89. The molecule has 1 aliphatic carbocycles. The maximum Gasteiger partial charge on any atom is 0.240 e. The van der Waals surface area contributed by atoms with E-state index in [1.807, 2.05) is 7.05 Å². The van der Waals surface area contributed by atoms with Gasteiger partial charge in [-0.1, -0.05) is 0 Å². The summed E-state index contributed by atoms with van der Waals surface area (Å²) in [5, 5.41) is 3.24. The lowest BCUT2D eigenvalue weighted by molar-refractivity contribution is 0.343. The maximum atomic E-state index is 12.3. The van der Waals surface area contributed by atoms with Crippen molar-refractivity contribution in [1.82, 2.24) is 10.0 Å². The highest BCUT2D eigenvalue weighted by molar-refractivity contribution is 7.89. The van der Waals surface area contributed by atoms with Crippen LogP contribution in [-0.2, 0) is 10.0 Å². The fourth-order valence-corrected chi connectivity index (χ4v) is 3.85. The zero-order chi connectivity index (χ0) is 14.6. The molecule has 6 heteroatoms. The third kappa shape index (κ3) is 3.71. The van der Waals surface area contributed by atoms with Crippen LogP contribution in [0.3, 0.4) is 0 Å².